The molecule has 0 spiro atoms. The number of hydrogen-bond acceptors (Lipinski definition) is 17. The van der Waals surface area contributed by atoms with E-state index < -0.39 is 166 Å². The second-order valence-corrected chi connectivity index (χ2v) is 46.7. The standard InChI is InChI=1S/C91H127N11O15P2S2/c1-13-54(2)77(98-79(105)56(4)97-87(113)91(11,12)99-80(106)57(5)93-60(8)103)83(109)95-59(7)84(110)102(89(115)117-51-74-71-48-32-28-44-67(71)68-45-29-33-49-72(68)74)76(53-119(121,63-38-22-16-23-39-63)64-40-24-17-25-41-64)85(111)101(88(114)116-50-73-69-46-30-26-42-65(69)66-43-27-31-47-70(66)73)75(52-118(120,61-34-18-14-19-35-61)62-36-20-15-21-37-62)82(108)94-58(6)81(107)100-90(9,10)86(112)96-55(3)78(92)104/h26-33,42-49,54-59,61-64,73-77H,13-25,34-41,50-53H2,1-12H3,(H2,92,104)(H,93,103)(H,94,108)(H,95,109)(H,96,112)(H,97,113)(H,98,105)(H,99,106)(H,100,107)/t54-,55-,56-,57-,58-,59-,75-,76-,77-/m0/s1. The molecule has 0 radical (unpaired) electrons. The van der Waals surface area contributed by atoms with Crippen LogP contribution in [0.4, 0.5) is 9.59 Å². The number of nitrogens with zero attached hydrogens (tertiary/aromatic N) is 2. The van der Waals surface area contributed by atoms with E-state index in [-0.39, 0.29) is 54.6 Å². The Labute approximate surface area is 723 Å². The van der Waals surface area contributed by atoms with E-state index in [0.717, 1.165) is 131 Å². The predicted octanol–water partition coefficient (Wildman–Crippen LogP) is 11.9. The Morgan fingerprint density at radius 3 is 1.09 bits per heavy atom. The van der Waals surface area contributed by atoms with Gasteiger partial charge in [0, 0.05) is 31.1 Å². The van der Waals surface area contributed by atoms with Crippen LogP contribution in [0.25, 0.3) is 22.3 Å². The Balaban J connectivity index is 1.15. The molecule has 9 atom stereocenters. The lowest BCUT2D eigenvalue weighted by Gasteiger charge is -2.46. The second-order valence-electron chi connectivity index (χ2n) is 35.6. The van der Waals surface area contributed by atoms with Crippen LogP contribution < -0.4 is 48.3 Å². The van der Waals surface area contributed by atoms with E-state index in [1.807, 2.05) is 97.1 Å². The Morgan fingerprint density at radius 2 is 0.736 bits per heavy atom. The van der Waals surface area contributed by atoms with Crippen LogP contribution in [-0.4, -0.2) is 195 Å². The maximum atomic E-state index is 18.3. The number of hydrogen-bond donors (Lipinski definition) is 9. The van der Waals surface area contributed by atoms with Crippen LogP contribution in [0.2, 0.25) is 0 Å². The van der Waals surface area contributed by atoms with Crippen molar-refractivity contribution in [3.05, 3.63) is 119 Å². The van der Waals surface area contributed by atoms with Gasteiger partial charge in [0.15, 0.2) is 0 Å². The van der Waals surface area contributed by atoms with Crippen LogP contribution in [0.15, 0.2) is 97.1 Å². The number of amides is 13. The zero-order valence-electron chi connectivity index (χ0n) is 72.4. The minimum atomic E-state index is -3.18. The average molecular weight is 1740 g/mol. The molecule has 30 heteroatoms. The Kier molecular flexibility index (Phi) is 32.5. The molecule has 4 aromatic rings. The highest BCUT2D eigenvalue weighted by atomic mass is 32.4. The third-order valence-electron chi connectivity index (χ3n) is 26.0. The molecule has 0 saturated heterocycles. The molecule has 0 aromatic heterocycles. The van der Waals surface area contributed by atoms with Crippen molar-refractivity contribution in [2.24, 2.45) is 11.7 Å². The monoisotopic (exact) mass is 1740 g/mol. The summed E-state index contributed by atoms with van der Waals surface area (Å²) in [5, 5.41) is 21.4. The number of nitrogens with one attached hydrogen (secondary N) is 8. The van der Waals surface area contributed by atoms with Gasteiger partial charge in [0.05, 0.1) is 0 Å². The summed E-state index contributed by atoms with van der Waals surface area (Å²) in [5.74, 6) is -11.4. The number of fused-ring (bicyclic) bond motifs is 6. The molecule has 6 aliphatic rings. The van der Waals surface area contributed by atoms with Gasteiger partial charge in [-0.3, -0.25) is 52.7 Å². The Hall–Kier alpha value is -8.71. The van der Waals surface area contributed by atoms with Gasteiger partial charge in [0.1, 0.15) is 72.6 Å². The van der Waals surface area contributed by atoms with E-state index in [2.05, 4.69) is 42.5 Å². The predicted molar refractivity (Wildman–Crippen MR) is 476 cm³/mol. The van der Waals surface area contributed by atoms with E-state index >= 15 is 28.8 Å². The van der Waals surface area contributed by atoms with Crippen molar-refractivity contribution in [2.45, 2.75) is 312 Å². The van der Waals surface area contributed by atoms with E-state index in [4.69, 9.17) is 38.8 Å². The van der Waals surface area contributed by atoms with E-state index in [0.29, 0.717) is 51.4 Å². The van der Waals surface area contributed by atoms with Gasteiger partial charge in [-0.15, -0.1) is 0 Å². The van der Waals surface area contributed by atoms with Gasteiger partial charge in [-0.25, -0.2) is 19.4 Å². The summed E-state index contributed by atoms with van der Waals surface area (Å²) in [7, 11) is 0. The number of carbonyl (C=O) groups is 13. The normalized spacial score (nSPS) is 18.4. The number of nitrogens with two attached hydrogens (primary N) is 1. The quantitative estimate of drug-likeness (QED) is 0.0196. The molecule has 26 nitrogen and oxygen atoms in total. The van der Waals surface area contributed by atoms with Crippen LogP contribution >= 0.6 is 12.1 Å². The third-order valence-corrected chi connectivity index (χ3v) is 39.4. The number of carbonyl (C=O) groups excluding carboxylic acids is 13. The van der Waals surface area contributed by atoms with Crippen LogP contribution in [0, 0.1) is 5.92 Å². The van der Waals surface area contributed by atoms with Crippen LogP contribution in [0.3, 0.4) is 0 Å². The molecule has 4 fully saturated rings. The van der Waals surface area contributed by atoms with Gasteiger partial charge in [-0.1, -0.05) is 218 Å². The fourth-order valence-electron chi connectivity index (χ4n) is 18.7. The highest BCUT2D eigenvalue weighted by molar-refractivity contribution is 8.15. The molecule has 0 unspecified atom stereocenters. The molecular weight excluding hydrogens is 1610 g/mol. The van der Waals surface area contributed by atoms with Gasteiger partial charge in [-0.2, -0.15) is 0 Å². The van der Waals surface area contributed by atoms with Crippen molar-refractivity contribution in [1.82, 2.24) is 52.3 Å². The summed E-state index contributed by atoms with van der Waals surface area (Å²) in [4.78, 5) is 197. The molecule has 0 heterocycles. The van der Waals surface area contributed by atoms with Crippen molar-refractivity contribution in [3.8, 4) is 22.3 Å². The van der Waals surface area contributed by atoms with Gasteiger partial charge >= 0.3 is 12.2 Å². The fourth-order valence-corrected chi connectivity index (χ4v) is 31.2. The summed E-state index contributed by atoms with van der Waals surface area (Å²) >= 11 is 14.8. The molecule has 10 N–H and O–H groups in total. The molecule has 658 valence electrons. The summed E-state index contributed by atoms with van der Waals surface area (Å²) in [6, 6.07) is 12.3. The van der Waals surface area contributed by atoms with Crippen molar-refractivity contribution in [1.29, 1.82) is 0 Å². The number of ether oxygens (including phenoxy) is 2. The van der Waals surface area contributed by atoms with Crippen LogP contribution in [0.1, 0.15) is 252 Å². The zero-order valence-corrected chi connectivity index (χ0v) is 75.8. The minimum absolute atomic E-state index is 0.121. The number of imide groups is 2. The lowest BCUT2D eigenvalue weighted by atomic mass is 9.97. The molecular formula is C91H127N11O15P2S2. The molecule has 10 rings (SSSR count). The number of rotatable bonds is 34. The maximum absolute atomic E-state index is 18.3. The van der Waals surface area contributed by atoms with Gasteiger partial charge < -0.3 is 57.7 Å². The second kappa shape index (κ2) is 41.6. The molecule has 0 bridgehead atoms. The fraction of sp³-hybridized carbons (Fsp3) is 0.593. The lowest BCUT2D eigenvalue weighted by molar-refractivity contribution is -0.147. The van der Waals surface area contributed by atoms with E-state index in [9.17, 15) is 33.6 Å². The molecule has 6 aliphatic carbocycles. The van der Waals surface area contributed by atoms with Crippen molar-refractivity contribution < 1.29 is 71.8 Å². The smallest absolute Gasteiger partial charge is 0.417 e. The zero-order chi connectivity index (χ0) is 88.0. The van der Waals surface area contributed by atoms with Crippen LogP contribution in [-0.2, 0) is 85.8 Å². The van der Waals surface area contributed by atoms with E-state index in [1.165, 1.54) is 69.2 Å². The van der Waals surface area contributed by atoms with Crippen molar-refractivity contribution >= 4 is 113 Å². The molecule has 0 aliphatic heterocycles. The summed E-state index contributed by atoms with van der Waals surface area (Å²) < 4.78 is 13.4. The first-order valence-corrected chi connectivity index (χ1v) is 49.9. The van der Waals surface area contributed by atoms with Gasteiger partial charge in [-0.05, 0) is 199 Å². The Morgan fingerprint density at radius 1 is 0.413 bits per heavy atom. The molecule has 13 amide bonds. The first-order chi connectivity index (χ1) is 57.4. The SMILES string of the molecule is CC[C@H](C)[C@H](NC(=O)[C@H](C)NC(=O)C(C)(C)NC(=O)[C@H](C)NC(C)=O)C(=O)N[C@@H](C)C(=O)N(C(=O)OCC1c2ccccc2-c2ccccc21)[C@@H](CP(=S)(C1CCCCC1)C1CCCCC1)C(=O)N(C(=O)OCC1c2ccccc2-c2ccccc21)[C@@H](CP(=S)(C1CCCCC1)C1CCCCC1)C(=O)N[C@@H](C)C(=O)NC(C)(C)C(=O)N[C@@H](C)C(N)=O. The van der Waals surface area contributed by atoms with E-state index in [1.54, 1.807) is 13.8 Å². The topological polar surface area (TPSA) is 369 Å². The summed E-state index contributed by atoms with van der Waals surface area (Å²) in [5.41, 5.74) is 8.45. The number of benzene rings is 4. The number of primary amides is 1. The van der Waals surface area contributed by atoms with Crippen LogP contribution in [0.5, 0.6) is 0 Å². The highest BCUT2D eigenvalue weighted by Crippen LogP contribution is 2.66. The largest absolute Gasteiger partial charge is 0.448 e. The van der Waals surface area contributed by atoms with Crippen molar-refractivity contribution in [3.63, 3.8) is 0 Å². The lowest BCUT2D eigenvalue weighted by Crippen LogP contribution is -2.65. The first-order valence-electron chi connectivity index (χ1n) is 43.7. The molecule has 4 aromatic carbocycles. The summed E-state index contributed by atoms with van der Waals surface area (Å²) in [6.45, 7) is 16.6. The average Bonchev–Trinajstić information content (AvgIpc) is 1.73. The molecule has 121 heavy (non-hydrogen) atoms. The highest BCUT2D eigenvalue weighted by Gasteiger charge is 2.54. The first kappa shape index (κ1) is 94.5. The summed E-state index contributed by atoms with van der Waals surface area (Å²) in [6.07, 6.45) is 12.9. The third kappa shape index (κ3) is 22.5. The minimum Gasteiger partial charge on any atom is -0.448 e. The van der Waals surface area contributed by atoms with Crippen molar-refractivity contribution in [2.75, 3.05) is 25.5 Å². The Bertz CT molecular complexity index is 4460. The maximum Gasteiger partial charge on any atom is 0.417 e. The molecule has 4 saturated carbocycles. The van der Waals surface area contributed by atoms with Gasteiger partial charge in [0.25, 0.3) is 11.8 Å². The van der Waals surface area contributed by atoms with Gasteiger partial charge in [0.2, 0.25) is 53.2 Å².